The molecule has 7 heteroatoms. The second kappa shape index (κ2) is 5.28. The zero-order chi connectivity index (χ0) is 14.8. The largest absolute Gasteiger partial charge is 0.491 e. The van der Waals surface area contributed by atoms with Crippen molar-refractivity contribution in [3.05, 3.63) is 52.1 Å². The van der Waals surface area contributed by atoms with Crippen LogP contribution < -0.4 is 15.4 Å². The van der Waals surface area contributed by atoms with Gasteiger partial charge < -0.3 is 15.4 Å². The number of benzene rings is 1. The molecular formula is C14H14N4O3. The molecule has 0 saturated heterocycles. The van der Waals surface area contributed by atoms with Gasteiger partial charge in [0.05, 0.1) is 23.1 Å². The van der Waals surface area contributed by atoms with Crippen LogP contribution in [0.3, 0.4) is 0 Å². The number of para-hydroxylation sites is 1. The van der Waals surface area contributed by atoms with Crippen LogP contribution in [-0.2, 0) is 0 Å². The van der Waals surface area contributed by atoms with Gasteiger partial charge in [-0.25, -0.2) is 4.98 Å². The first-order valence-electron chi connectivity index (χ1n) is 6.50. The molecule has 0 amide bonds. The molecule has 1 aliphatic heterocycles. The molecule has 0 aliphatic carbocycles. The fourth-order valence-corrected chi connectivity index (χ4v) is 2.28. The van der Waals surface area contributed by atoms with Gasteiger partial charge in [-0.1, -0.05) is 18.2 Å². The number of nitro groups is 1. The Hall–Kier alpha value is -2.83. The molecule has 108 valence electrons. The van der Waals surface area contributed by atoms with Crippen molar-refractivity contribution in [1.29, 1.82) is 0 Å². The Morgan fingerprint density at radius 1 is 1.33 bits per heavy atom. The lowest BCUT2D eigenvalue weighted by Gasteiger charge is -2.13. The maximum absolute atomic E-state index is 11.0. The zero-order valence-electron chi connectivity index (χ0n) is 11.4. The average molecular weight is 286 g/mol. The van der Waals surface area contributed by atoms with Gasteiger partial charge in [0.15, 0.2) is 0 Å². The highest BCUT2D eigenvalue weighted by Crippen LogP contribution is 2.34. The molecule has 1 unspecified atom stereocenters. The first-order chi connectivity index (χ1) is 10.2. The Labute approximate surface area is 121 Å². The topological polar surface area (TPSA) is 89.3 Å². The number of nitrogens with one attached hydrogen (secondary N) is 2. The maximum atomic E-state index is 11.0. The quantitative estimate of drug-likeness (QED) is 0.663. The summed E-state index contributed by atoms with van der Waals surface area (Å²) in [5.41, 5.74) is 1.01. The van der Waals surface area contributed by atoms with Crippen molar-refractivity contribution >= 4 is 17.3 Å². The molecule has 0 saturated carbocycles. The summed E-state index contributed by atoms with van der Waals surface area (Å²) in [6, 6.07) is 10.5. The van der Waals surface area contributed by atoms with E-state index in [2.05, 4.69) is 15.6 Å². The van der Waals surface area contributed by atoms with Crippen LogP contribution in [-0.4, -0.2) is 23.6 Å². The van der Waals surface area contributed by atoms with Crippen molar-refractivity contribution < 1.29 is 9.66 Å². The van der Waals surface area contributed by atoms with Crippen LogP contribution in [0.25, 0.3) is 0 Å². The lowest BCUT2D eigenvalue weighted by molar-refractivity contribution is -0.384. The van der Waals surface area contributed by atoms with E-state index >= 15 is 0 Å². The highest BCUT2D eigenvalue weighted by molar-refractivity contribution is 5.56. The number of aromatic nitrogens is 1. The van der Waals surface area contributed by atoms with Crippen LogP contribution in [0.4, 0.5) is 17.3 Å². The molecule has 0 radical (unpaired) electrons. The van der Waals surface area contributed by atoms with Crippen LogP contribution in [0.15, 0.2) is 36.4 Å². The van der Waals surface area contributed by atoms with Crippen molar-refractivity contribution in [2.24, 2.45) is 0 Å². The Morgan fingerprint density at radius 2 is 2.10 bits per heavy atom. The predicted octanol–water partition coefficient (Wildman–Crippen LogP) is 2.58. The van der Waals surface area contributed by atoms with Crippen LogP contribution in [0.1, 0.15) is 11.6 Å². The van der Waals surface area contributed by atoms with E-state index in [1.165, 1.54) is 12.1 Å². The van der Waals surface area contributed by atoms with Crippen molar-refractivity contribution in [3.8, 4) is 5.75 Å². The van der Waals surface area contributed by atoms with Gasteiger partial charge in [0, 0.05) is 12.6 Å². The molecule has 2 N–H and O–H groups in total. The minimum Gasteiger partial charge on any atom is -0.491 e. The summed E-state index contributed by atoms with van der Waals surface area (Å²) in [4.78, 5) is 14.8. The predicted molar refractivity (Wildman–Crippen MR) is 78.7 cm³/mol. The third-order valence-corrected chi connectivity index (χ3v) is 3.30. The minimum atomic E-state index is -0.438. The standard InChI is InChI=1S/C14H14N4O3/c1-15-13-6-9(18(19)20)7-14(17-13)16-11-8-21-12-5-3-2-4-10(11)12/h2-7,11H,8H2,1H3,(H2,15,16,17). The van der Waals surface area contributed by atoms with Gasteiger partial charge in [0.1, 0.15) is 24.0 Å². The number of anilines is 2. The Bertz CT molecular complexity index is 690. The Balaban J connectivity index is 1.89. The maximum Gasteiger partial charge on any atom is 0.276 e. The summed E-state index contributed by atoms with van der Waals surface area (Å²) in [5, 5.41) is 17.0. The molecule has 2 aromatic rings. The molecule has 1 aromatic carbocycles. The molecule has 0 spiro atoms. The fourth-order valence-electron chi connectivity index (χ4n) is 2.28. The van der Waals surface area contributed by atoms with Gasteiger partial charge in [0.25, 0.3) is 5.69 Å². The molecule has 2 heterocycles. The lowest BCUT2D eigenvalue weighted by Crippen LogP contribution is -2.13. The van der Waals surface area contributed by atoms with Crippen LogP contribution in [0.5, 0.6) is 5.75 Å². The van der Waals surface area contributed by atoms with E-state index in [1.807, 2.05) is 24.3 Å². The highest BCUT2D eigenvalue weighted by Gasteiger charge is 2.24. The van der Waals surface area contributed by atoms with Gasteiger partial charge >= 0.3 is 0 Å². The SMILES string of the molecule is CNc1cc([N+](=O)[O-])cc(NC2COc3ccccc32)n1. The van der Waals surface area contributed by atoms with Crippen molar-refractivity contribution in [2.75, 3.05) is 24.3 Å². The summed E-state index contributed by atoms with van der Waals surface area (Å²) in [5.74, 6) is 1.71. The molecule has 0 bridgehead atoms. The summed E-state index contributed by atoms with van der Waals surface area (Å²) in [6.07, 6.45) is 0. The van der Waals surface area contributed by atoms with Gasteiger partial charge in [0.2, 0.25) is 0 Å². The molecule has 1 aromatic heterocycles. The molecule has 3 rings (SSSR count). The first kappa shape index (κ1) is 13.2. The summed E-state index contributed by atoms with van der Waals surface area (Å²) in [6.45, 7) is 0.471. The average Bonchev–Trinajstić information content (AvgIpc) is 2.90. The number of hydrogen-bond acceptors (Lipinski definition) is 6. The molecule has 0 fully saturated rings. The second-order valence-corrected chi connectivity index (χ2v) is 4.65. The van der Waals surface area contributed by atoms with E-state index < -0.39 is 4.92 Å². The zero-order valence-corrected chi connectivity index (χ0v) is 11.4. The third kappa shape index (κ3) is 2.58. The lowest BCUT2D eigenvalue weighted by atomic mass is 10.1. The molecular weight excluding hydrogens is 272 g/mol. The number of ether oxygens (including phenoxy) is 1. The summed E-state index contributed by atoms with van der Waals surface area (Å²) in [7, 11) is 1.67. The minimum absolute atomic E-state index is 0.0101. The second-order valence-electron chi connectivity index (χ2n) is 4.65. The third-order valence-electron chi connectivity index (χ3n) is 3.30. The molecule has 21 heavy (non-hydrogen) atoms. The van der Waals surface area contributed by atoms with Crippen LogP contribution >= 0.6 is 0 Å². The van der Waals surface area contributed by atoms with Gasteiger partial charge in [-0.05, 0) is 6.07 Å². The summed E-state index contributed by atoms with van der Waals surface area (Å²) < 4.78 is 5.58. The van der Waals surface area contributed by atoms with E-state index in [9.17, 15) is 10.1 Å². The highest BCUT2D eigenvalue weighted by atomic mass is 16.6. The first-order valence-corrected chi connectivity index (χ1v) is 6.50. The van der Waals surface area contributed by atoms with E-state index in [1.54, 1.807) is 7.05 Å². The Morgan fingerprint density at radius 3 is 2.86 bits per heavy atom. The monoisotopic (exact) mass is 286 g/mol. The van der Waals surface area contributed by atoms with Gasteiger partial charge in [-0.15, -0.1) is 0 Å². The molecule has 7 nitrogen and oxygen atoms in total. The van der Waals surface area contributed by atoms with Crippen molar-refractivity contribution in [1.82, 2.24) is 4.98 Å². The van der Waals surface area contributed by atoms with Gasteiger partial charge in [-0.3, -0.25) is 10.1 Å². The Kier molecular flexibility index (Phi) is 3.31. The molecule has 1 aliphatic rings. The number of rotatable bonds is 4. The van der Waals surface area contributed by atoms with E-state index in [0.29, 0.717) is 18.2 Å². The normalized spacial score (nSPS) is 16.0. The van der Waals surface area contributed by atoms with Crippen molar-refractivity contribution in [3.63, 3.8) is 0 Å². The van der Waals surface area contributed by atoms with E-state index in [-0.39, 0.29) is 11.7 Å². The van der Waals surface area contributed by atoms with Crippen molar-refractivity contribution in [2.45, 2.75) is 6.04 Å². The fraction of sp³-hybridized carbons (Fsp3) is 0.214. The summed E-state index contributed by atoms with van der Waals surface area (Å²) >= 11 is 0. The number of fused-ring (bicyclic) bond motifs is 1. The number of hydrogen-bond donors (Lipinski definition) is 2. The smallest absolute Gasteiger partial charge is 0.276 e. The van der Waals surface area contributed by atoms with Crippen LogP contribution in [0, 0.1) is 10.1 Å². The number of nitrogens with zero attached hydrogens (tertiary/aromatic N) is 2. The van der Waals surface area contributed by atoms with E-state index in [4.69, 9.17) is 4.74 Å². The molecule has 1 atom stereocenters. The number of pyridine rings is 1. The van der Waals surface area contributed by atoms with Crippen LogP contribution in [0.2, 0.25) is 0 Å². The van der Waals surface area contributed by atoms with Gasteiger partial charge in [-0.2, -0.15) is 0 Å². The van der Waals surface area contributed by atoms with E-state index in [0.717, 1.165) is 11.3 Å².